The minimum Gasteiger partial charge on any atom is -0.486 e. The lowest BCUT2D eigenvalue weighted by atomic mass is 10.1. The van der Waals surface area contributed by atoms with Gasteiger partial charge >= 0.3 is 0 Å². The lowest BCUT2D eigenvalue weighted by Crippen LogP contribution is -2.56. The number of carbonyl (C=O) groups excluding carboxylic acids is 1. The van der Waals surface area contributed by atoms with Gasteiger partial charge in [-0.15, -0.1) is 11.8 Å². The molecule has 1 amide bonds. The Labute approximate surface area is 141 Å². The van der Waals surface area contributed by atoms with Crippen molar-refractivity contribution in [3.05, 3.63) is 28.2 Å². The second-order valence-electron chi connectivity index (χ2n) is 6.49. The number of hydrogen-bond acceptors (Lipinski definition) is 4. The van der Waals surface area contributed by atoms with Crippen LogP contribution < -0.4 is 10.3 Å². The summed E-state index contributed by atoms with van der Waals surface area (Å²) in [6.45, 7) is 3.13. The molecule has 23 heavy (non-hydrogen) atoms. The smallest absolute Gasteiger partial charge is 0.254 e. The molecule has 0 spiro atoms. The Balaban J connectivity index is 1.43. The van der Waals surface area contributed by atoms with Crippen LogP contribution in [0.5, 0.6) is 5.75 Å². The Kier molecular flexibility index (Phi) is 4.99. The van der Waals surface area contributed by atoms with E-state index in [1.54, 1.807) is 23.4 Å². The fraction of sp³-hybridized carbons (Fsp3) is 0.647. The number of carbonyl (C=O) groups is 1. The summed E-state index contributed by atoms with van der Waals surface area (Å²) in [5.41, 5.74) is 0.799. The monoisotopic (exact) mass is 336 g/mol. The minimum absolute atomic E-state index is 0.00179. The number of hydrogen-bond donors (Lipinski definition) is 0. The first-order chi connectivity index (χ1) is 11.0. The molecule has 1 aromatic heterocycles. The molecular weight excluding hydrogens is 312 g/mol. The summed E-state index contributed by atoms with van der Waals surface area (Å²) in [6.07, 6.45) is 5.13. The van der Waals surface area contributed by atoms with E-state index >= 15 is 0 Å². The lowest BCUT2D eigenvalue weighted by Gasteiger charge is -2.39. The van der Waals surface area contributed by atoms with Gasteiger partial charge < -0.3 is 14.2 Å². The SMILES string of the molecule is Cc1cc(OC2CN(C(=O)CSC3CCCC3)C2)cc(=O)n1C. The van der Waals surface area contributed by atoms with Crippen LogP contribution in [0.15, 0.2) is 16.9 Å². The molecule has 0 unspecified atom stereocenters. The van der Waals surface area contributed by atoms with Gasteiger partial charge in [0.05, 0.1) is 18.8 Å². The molecule has 126 valence electrons. The van der Waals surface area contributed by atoms with Gasteiger partial charge in [0.25, 0.3) is 5.56 Å². The first kappa shape index (κ1) is 16.4. The van der Waals surface area contributed by atoms with Crippen LogP contribution in [0.4, 0.5) is 0 Å². The highest BCUT2D eigenvalue weighted by Gasteiger charge is 2.32. The van der Waals surface area contributed by atoms with E-state index in [1.165, 1.54) is 31.7 Å². The summed E-state index contributed by atoms with van der Waals surface area (Å²) in [6, 6.07) is 3.37. The topological polar surface area (TPSA) is 51.5 Å². The van der Waals surface area contributed by atoms with E-state index in [4.69, 9.17) is 4.74 Å². The fourth-order valence-electron chi connectivity index (χ4n) is 3.05. The molecule has 0 atom stereocenters. The van der Waals surface area contributed by atoms with Crippen molar-refractivity contribution in [2.75, 3.05) is 18.8 Å². The molecule has 1 saturated heterocycles. The molecule has 0 bridgehead atoms. The van der Waals surface area contributed by atoms with Gasteiger partial charge in [0.1, 0.15) is 11.9 Å². The normalized spacial score (nSPS) is 19.0. The molecular formula is C17H24N2O3S. The second-order valence-corrected chi connectivity index (χ2v) is 7.77. The molecule has 5 nitrogen and oxygen atoms in total. The number of rotatable bonds is 5. The van der Waals surface area contributed by atoms with Crippen molar-refractivity contribution in [3.63, 3.8) is 0 Å². The third-order valence-corrected chi connectivity index (χ3v) is 6.08. The van der Waals surface area contributed by atoms with Gasteiger partial charge in [0.2, 0.25) is 5.91 Å². The molecule has 0 aromatic carbocycles. The van der Waals surface area contributed by atoms with Gasteiger partial charge in [-0.1, -0.05) is 12.8 Å². The van der Waals surface area contributed by atoms with Gasteiger partial charge in [-0.2, -0.15) is 0 Å². The molecule has 0 N–H and O–H groups in total. The van der Waals surface area contributed by atoms with E-state index < -0.39 is 0 Å². The van der Waals surface area contributed by atoms with Crippen LogP contribution in [0.25, 0.3) is 0 Å². The predicted molar refractivity (Wildman–Crippen MR) is 92.1 cm³/mol. The zero-order valence-electron chi connectivity index (χ0n) is 13.8. The van der Waals surface area contributed by atoms with Crippen LogP contribution in [-0.4, -0.2) is 45.6 Å². The first-order valence-electron chi connectivity index (χ1n) is 8.26. The number of nitrogens with zero attached hydrogens (tertiary/aromatic N) is 2. The highest BCUT2D eigenvalue weighted by atomic mass is 32.2. The summed E-state index contributed by atoms with van der Waals surface area (Å²) < 4.78 is 7.40. The van der Waals surface area contributed by atoms with Crippen molar-refractivity contribution in [1.29, 1.82) is 0 Å². The number of thioether (sulfide) groups is 1. The van der Waals surface area contributed by atoms with Crippen molar-refractivity contribution in [3.8, 4) is 5.75 Å². The molecule has 3 rings (SSSR count). The maximum absolute atomic E-state index is 12.1. The minimum atomic E-state index is -0.0692. The van der Waals surface area contributed by atoms with E-state index in [1.807, 2.05) is 17.9 Å². The zero-order valence-corrected chi connectivity index (χ0v) is 14.6. The van der Waals surface area contributed by atoms with E-state index in [0.717, 1.165) is 5.69 Å². The fourth-order valence-corrected chi connectivity index (χ4v) is 4.28. The highest BCUT2D eigenvalue weighted by molar-refractivity contribution is 8.00. The van der Waals surface area contributed by atoms with Crippen molar-refractivity contribution in [1.82, 2.24) is 9.47 Å². The highest BCUT2D eigenvalue weighted by Crippen LogP contribution is 2.30. The summed E-state index contributed by atoms with van der Waals surface area (Å²) in [7, 11) is 1.74. The molecule has 2 heterocycles. The van der Waals surface area contributed by atoms with Gasteiger partial charge in [-0.05, 0) is 25.8 Å². The zero-order chi connectivity index (χ0) is 16.4. The quantitative estimate of drug-likeness (QED) is 0.825. The van der Waals surface area contributed by atoms with Gasteiger partial charge in [-0.25, -0.2) is 0 Å². The predicted octanol–water partition coefficient (Wildman–Crippen LogP) is 1.96. The molecule has 1 aliphatic heterocycles. The Bertz CT molecular complexity index is 631. The molecule has 0 radical (unpaired) electrons. The summed E-state index contributed by atoms with van der Waals surface area (Å²) >= 11 is 1.80. The third-order valence-electron chi connectivity index (χ3n) is 4.72. The number of likely N-dealkylation sites (tertiary alicyclic amines) is 1. The summed E-state index contributed by atoms with van der Waals surface area (Å²) in [5.74, 6) is 1.40. The molecule has 2 fully saturated rings. The Morgan fingerprint density at radius 3 is 2.65 bits per heavy atom. The van der Waals surface area contributed by atoms with Crippen molar-refractivity contribution >= 4 is 17.7 Å². The van der Waals surface area contributed by atoms with Gasteiger partial charge in [0.15, 0.2) is 0 Å². The van der Waals surface area contributed by atoms with Crippen molar-refractivity contribution in [2.45, 2.75) is 44.0 Å². The van der Waals surface area contributed by atoms with E-state index in [0.29, 0.717) is 29.8 Å². The molecule has 1 aliphatic carbocycles. The van der Waals surface area contributed by atoms with Crippen LogP contribution in [0, 0.1) is 6.92 Å². The van der Waals surface area contributed by atoms with Crippen LogP contribution in [-0.2, 0) is 11.8 Å². The Morgan fingerprint density at radius 2 is 2.00 bits per heavy atom. The van der Waals surface area contributed by atoms with Crippen LogP contribution in [0.3, 0.4) is 0 Å². The third kappa shape index (κ3) is 3.91. The van der Waals surface area contributed by atoms with Gasteiger partial charge in [-0.3, -0.25) is 9.59 Å². The maximum atomic E-state index is 12.1. The van der Waals surface area contributed by atoms with E-state index in [9.17, 15) is 9.59 Å². The van der Waals surface area contributed by atoms with Crippen LogP contribution in [0.2, 0.25) is 0 Å². The average molecular weight is 336 g/mol. The van der Waals surface area contributed by atoms with Gasteiger partial charge in [0, 0.05) is 24.1 Å². The Morgan fingerprint density at radius 1 is 1.30 bits per heavy atom. The molecule has 6 heteroatoms. The number of amides is 1. The Hall–Kier alpha value is -1.43. The van der Waals surface area contributed by atoms with E-state index in [-0.39, 0.29) is 17.6 Å². The standard InChI is InChI=1S/C17H24N2O3S/c1-12-7-13(8-16(20)18(12)2)22-14-9-19(10-14)17(21)11-23-15-5-3-4-6-15/h7-8,14-15H,3-6,9-11H2,1-2H3. The summed E-state index contributed by atoms with van der Waals surface area (Å²) in [5, 5.41) is 0.677. The lowest BCUT2D eigenvalue weighted by molar-refractivity contribution is -0.137. The maximum Gasteiger partial charge on any atom is 0.254 e. The molecule has 1 saturated carbocycles. The van der Waals surface area contributed by atoms with E-state index in [2.05, 4.69) is 0 Å². The number of aromatic nitrogens is 1. The average Bonchev–Trinajstić information content (AvgIpc) is 2.98. The molecule has 1 aromatic rings. The number of ether oxygens (including phenoxy) is 1. The van der Waals surface area contributed by atoms with Crippen molar-refractivity contribution < 1.29 is 9.53 Å². The number of aryl methyl sites for hydroxylation is 1. The van der Waals surface area contributed by atoms with Crippen molar-refractivity contribution in [2.24, 2.45) is 7.05 Å². The summed E-state index contributed by atoms with van der Waals surface area (Å²) in [4.78, 5) is 25.7. The van der Waals surface area contributed by atoms with Crippen LogP contribution in [0.1, 0.15) is 31.4 Å². The second kappa shape index (κ2) is 6.99. The molecule has 2 aliphatic rings. The number of pyridine rings is 1. The first-order valence-corrected chi connectivity index (χ1v) is 9.31. The van der Waals surface area contributed by atoms with Crippen LogP contribution >= 0.6 is 11.8 Å². The largest absolute Gasteiger partial charge is 0.486 e.